The molecule has 2 heterocycles. The summed E-state index contributed by atoms with van der Waals surface area (Å²) < 4.78 is 12.7. The first-order valence-electron chi connectivity index (χ1n) is 4.90. The fourth-order valence-corrected chi connectivity index (χ4v) is 2.32. The van der Waals surface area contributed by atoms with E-state index in [-0.39, 0.29) is 0 Å². The number of aromatic nitrogens is 1. The minimum absolute atomic E-state index is 0.402. The van der Waals surface area contributed by atoms with Crippen LogP contribution in [0.2, 0.25) is 0 Å². The summed E-state index contributed by atoms with van der Waals surface area (Å²) in [4.78, 5) is 5.04. The van der Waals surface area contributed by atoms with E-state index in [1.807, 2.05) is 18.4 Å². The van der Waals surface area contributed by atoms with Crippen LogP contribution in [0, 0.1) is 12.7 Å². The van der Waals surface area contributed by atoms with E-state index in [0.717, 1.165) is 16.6 Å². The van der Waals surface area contributed by atoms with Crippen molar-refractivity contribution in [2.75, 3.05) is 0 Å². The molecule has 0 spiro atoms. The van der Waals surface area contributed by atoms with Gasteiger partial charge in [-0.3, -0.25) is 4.98 Å². The highest BCUT2D eigenvalue weighted by molar-refractivity contribution is 7.10. The Labute approximate surface area is 97.4 Å². The van der Waals surface area contributed by atoms with Gasteiger partial charge < -0.3 is 5.11 Å². The van der Waals surface area contributed by atoms with E-state index in [1.165, 1.54) is 12.1 Å². The second kappa shape index (κ2) is 3.96. The lowest BCUT2D eigenvalue weighted by molar-refractivity contribution is 0.0977. The van der Waals surface area contributed by atoms with Gasteiger partial charge in [0.1, 0.15) is 11.4 Å². The molecule has 0 bridgehead atoms. The molecule has 1 atom stereocenters. The van der Waals surface area contributed by atoms with Crippen LogP contribution in [0.15, 0.2) is 29.8 Å². The van der Waals surface area contributed by atoms with Gasteiger partial charge in [0, 0.05) is 10.4 Å². The van der Waals surface area contributed by atoms with Crippen molar-refractivity contribution in [3.63, 3.8) is 0 Å². The summed E-state index contributed by atoms with van der Waals surface area (Å²) in [6.45, 7) is 3.64. The van der Waals surface area contributed by atoms with Crippen molar-refractivity contribution in [2.45, 2.75) is 19.4 Å². The van der Waals surface area contributed by atoms with Gasteiger partial charge in [-0.1, -0.05) is 0 Å². The largest absolute Gasteiger partial charge is 0.379 e. The number of thiophene rings is 1. The van der Waals surface area contributed by atoms with Crippen LogP contribution in [0.3, 0.4) is 0 Å². The molecule has 2 aromatic rings. The molecule has 0 aromatic carbocycles. The third-order valence-electron chi connectivity index (χ3n) is 2.52. The molecular formula is C12H12FNOS. The van der Waals surface area contributed by atoms with Gasteiger partial charge in [0.05, 0.1) is 11.9 Å². The molecule has 0 amide bonds. The topological polar surface area (TPSA) is 33.1 Å². The molecule has 4 heteroatoms. The lowest BCUT2D eigenvalue weighted by Crippen LogP contribution is -2.23. The maximum Gasteiger partial charge on any atom is 0.141 e. The van der Waals surface area contributed by atoms with Crippen molar-refractivity contribution in [3.8, 4) is 0 Å². The minimum atomic E-state index is -1.17. The van der Waals surface area contributed by atoms with E-state index in [9.17, 15) is 9.50 Å². The molecular weight excluding hydrogens is 225 g/mol. The Morgan fingerprint density at radius 1 is 1.44 bits per heavy atom. The Hall–Kier alpha value is -1.26. The molecule has 2 aromatic heterocycles. The van der Waals surface area contributed by atoms with Crippen LogP contribution in [-0.2, 0) is 5.60 Å². The van der Waals surface area contributed by atoms with E-state index < -0.39 is 11.4 Å². The molecule has 2 nitrogen and oxygen atoms in total. The fourth-order valence-electron chi connectivity index (χ4n) is 1.51. The smallest absolute Gasteiger partial charge is 0.141 e. The SMILES string of the molecule is Cc1cc(C(C)(O)c2ccc(F)cn2)cs1. The zero-order chi connectivity index (χ0) is 11.8. The van der Waals surface area contributed by atoms with E-state index in [0.29, 0.717) is 5.69 Å². The number of halogens is 1. The molecule has 0 radical (unpaired) electrons. The summed E-state index contributed by atoms with van der Waals surface area (Å²) >= 11 is 1.57. The first-order chi connectivity index (χ1) is 7.50. The quantitative estimate of drug-likeness (QED) is 0.871. The third kappa shape index (κ3) is 1.99. The predicted octanol–water partition coefficient (Wildman–Crippen LogP) is 2.85. The maximum absolute atomic E-state index is 12.7. The van der Waals surface area contributed by atoms with Gasteiger partial charge >= 0.3 is 0 Å². The van der Waals surface area contributed by atoms with E-state index in [1.54, 1.807) is 18.3 Å². The van der Waals surface area contributed by atoms with Crippen molar-refractivity contribution in [1.82, 2.24) is 4.98 Å². The lowest BCUT2D eigenvalue weighted by Gasteiger charge is -2.21. The zero-order valence-electron chi connectivity index (χ0n) is 9.07. The summed E-state index contributed by atoms with van der Waals surface area (Å²) in [7, 11) is 0. The molecule has 0 aliphatic rings. The van der Waals surface area contributed by atoms with Gasteiger partial charge in [0.15, 0.2) is 0 Å². The number of pyridine rings is 1. The van der Waals surface area contributed by atoms with Crippen molar-refractivity contribution >= 4 is 11.3 Å². The molecule has 1 unspecified atom stereocenters. The monoisotopic (exact) mass is 237 g/mol. The van der Waals surface area contributed by atoms with Crippen LogP contribution in [-0.4, -0.2) is 10.1 Å². The number of aryl methyl sites for hydroxylation is 1. The Kier molecular flexibility index (Phi) is 2.78. The van der Waals surface area contributed by atoms with E-state index in [4.69, 9.17) is 0 Å². The van der Waals surface area contributed by atoms with Gasteiger partial charge in [-0.05, 0) is 37.4 Å². The number of hydrogen-bond acceptors (Lipinski definition) is 3. The van der Waals surface area contributed by atoms with Crippen LogP contribution in [0.5, 0.6) is 0 Å². The average molecular weight is 237 g/mol. The fraction of sp³-hybridized carbons (Fsp3) is 0.250. The van der Waals surface area contributed by atoms with Crippen LogP contribution >= 0.6 is 11.3 Å². The second-order valence-corrected chi connectivity index (χ2v) is 5.00. The normalized spacial score (nSPS) is 14.8. The third-order valence-corrected chi connectivity index (χ3v) is 3.38. The number of aliphatic hydroxyl groups is 1. The molecule has 1 N–H and O–H groups in total. The Morgan fingerprint density at radius 2 is 2.19 bits per heavy atom. The molecule has 0 saturated carbocycles. The molecule has 0 aliphatic heterocycles. The van der Waals surface area contributed by atoms with Crippen LogP contribution in [0.25, 0.3) is 0 Å². The maximum atomic E-state index is 12.7. The highest BCUT2D eigenvalue weighted by atomic mass is 32.1. The van der Waals surface area contributed by atoms with Crippen molar-refractivity contribution < 1.29 is 9.50 Å². The first-order valence-corrected chi connectivity index (χ1v) is 5.78. The van der Waals surface area contributed by atoms with Gasteiger partial charge in [-0.15, -0.1) is 11.3 Å². The summed E-state index contributed by atoms with van der Waals surface area (Å²) in [6.07, 6.45) is 1.11. The number of nitrogens with zero attached hydrogens (tertiary/aromatic N) is 1. The Bertz CT molecular complexity index is 490. The van der Waals surface area contributed by atoms with Gasteiger partial charge in [0.2, 0.25) is 0 Å². The second-order valence-electron chi connectivity index (χ2n) is 3.88. The van der Waals surface area contributed by atoms with E-state index in [2.05, 4.69) is 4.98 Å². The lowest BCUT2D eigenvalue weighted by atomic mass is 9.94. The van der Waals surface area contributed by atoms with Crippen molar-refractivity contribution in [3.05, 3.63) is 51.7 Å². The first kappa shape index (κ1) is 11.2. The minimum Gasteiger partial charge on any atom is -0.379 e. The summed E-state index contributed by atoms with van der Waals surface area (Å²) in [5, 5.41) is 12.3. The summed E-state index contributed by atoms with van der Waals surface area (Å²) in [6, 6.07) is 4.72. The van der Waals surface area contributed by atoms with Crippen LogP contribution < -0.4 is 0 Å². The van der Waals surface area contributed by atoms with Crippen LogP contribution in [0.4, 0.5) is 4.39 Å². The predicted molar refractivity (Wildman–Crippen MR) is 61.9 cm³/mol. The van der Waals surface area contributed by atoms with Crippen molar-refractivity contribution in [2.24, 2.45) is 0 Å². The Morgan fingerprint density at radius 3 is 2.69 bits per heavy atom. The summed E-state index contributed by atoms with van der Waals surface area (Å²) in [5.74, 6) is -0.402. The molecule has 0 saturated heterocycles. The highest BCUT2D eigenvalue weighted by Crippen LogP contribution is 2.30. The van der Waals surface area contributed by atoms with Gasteiger partial charge in [-0.2, -0.15) is 0 Å². The van der Waals surface area contributed by atoms with Crippen LogP contribution in [0.1, 0.15) is 23.1 Å². The van der Waals surface area contributed by atoms with Gasteiger partial charge in [-0.25, -0.2) is 4.39 Å². The Balaban J connectivity index is 2.42. The molecule has 16 heavy (non-hydrogen) atoms. The number of rotatable bonds is 2. The van der Waals surface area contributed by atoms with E-state index >= 15 is 0 Å². The molecule has 0 fully saturated rings. The zero-order valence-corrected chi connectivity index (χ0v) is 9.88. The molecule has 2 rings (SSSR count). The van der Waals surface area contributed by atoms with Crippen molar-refractivity contribution in [1.29, 1.82) is 0 Å². The molecule has 84 valence electrons. The average Bonchev–Trinajstić information content (AvgIpc) is 2.66. The number of hydrogen-bond donors (Lipinski definition) is 1. The standard InChI is InChI=1S/C12H12FNOS/c1-8-5-9(7-16-8)12(2,15)11-4-3-10(13)6-14-11/h3-7,15H,1-2H3. The molecule has 0 aliphatic carbocycles. The van der Waals surface area contributed by atoms with Gasteiger partial charge in [0.25, 0.3) is 0 Å². The highest BCUT2D eigenvalue weighted by Gasteiger charge is 2.27. The summed E-state index contributed by atoms with van der Waals surface area (Å²) in [5.41, 5.74) is 0.0687.